The van der Waals surface area contributed by atoms with E-state index in [2.05, 4.69) is 5.32 Å². The Bertz CT molecular complexity index is 658. The molecule has 1 atom stereocenters. The lowest BCUT2D eigenvalue weighted by molar-refractivity contribution is -0.138. The van der Waals surface area contributed by atoms with E-state index in [9.17, 15) is 14.4 Å². The third-order valence-electron chi connectivity index (χ3n) is 4.32. The molecule has 6 nitrogen and oxygen atoms in total. The Morgan fingerprint density at radius 1 is 1.30 bits per heavy atom. The predicted molar refractivity (Wildman–Crippen MR) is 86.1 cm³/mol. The Kier molecular flexibility index (Phi) is 4.26. The molecule has 0 aromatic heterocycles. The minimum atomic E-state index is -0.666. The second kappa shape index (κ2) is 6.20. The van der Waals surface area contributed by atoms with Crippen molar-refractivity contribution in [3.05, 3.63) is 29.3 Å². The van der Waals surface area contributed by atoms with E-state index < -0.39 is 5.92 Å². The van der Waals surface area contributed by atoms with Crippen LogP contribution in [0.15, 0.2) is 24.3 Å². The summed E-state index contributed by atoms with van der Waals surface area (Å²) in [5.41, 5.74) is 0.712. The van der Waals surface area contributed by atoms with Gasteiger partial charge in [-0.3, -0.25) is 14.4 Å². The van der Waals surface area contributed by atoms with Crippen molar-refractivity contribution >= 4 is 35.0 Å². The summed E-state index contributed by atoms with van der Waals surface area (Å²) in [6, 6.07) is 6.99. The molecule has 2 aliphatic heterocycles. The Morgan fingerprint density at radius 3 is 2.70 bits per heavy atom. The molecule has 1 aromatic rings. The molecular formula is C16H18ClN3O3. The Hall–Kier alpha value is -2.08. The van der Waals surface area contributed by atoms with Crippen LogP contribution in [-0.2, 0) is 14.4 Å². The number of anilines is 1. The maximum Gasteiger partial charge on any atom is 0.239 e. The van der Waals surface area contributed by atoms with Crippen LogP contribution in [0.25, 0.3) is 0 Å². The smallest absolute Gasteiger partial charge is 0.239 e. The molecule has 2 aliphatic rings. The zero-order chi connectivity index (χ0) is 16.6. The van der Waals surface area contributed by atoms with Crippen molar-refractivity contribution in [2.75, 3.05) is 24.5 Å². The summed E-state index contributed by atoms with van der Waals surface area (Å²) >= 11 is 5.95. The molecule has 2 saturated heterocycles. The molecule has 23 heavy (non-hydrogen) atoms. The number of hydrogen-bond acceptors (Lipinski definition) is 3. The van der Waals surface area contributed by atoms with Gasteiger partial charge in [0.05, 0.1) is 6.04 Å². The highest BCUT2D eigenvalue weighted by Gasteiger charge is 2.39. The number of rotatable bonds is 3. The largest absolute Gasteiger partial charge is 0.349 e. The molecule has 0 spiro atoms. The average Bonchev–Trinajstić information content (AvgIpc) is 2.83. The van der Waals surface area contributed by atoms with Crippen LogP contribution in [0.4, 0.5) is 5.69 Å². The summed E-state index contributed by atoms with van der Waals surface area (Å²) in [7, 11) is 0. The summed E-state index contributed by atoms with van der Waals surface area (Å²) in [5, 5.41) is 3.41. The molecule has 2 heterocycles. The average molecular weight is 336 g/mol. The summed E-state index contributed by atoms with van der Waals surface area (Å²) in [6.45, 7) is 3.03. The van der Waals surface area contributed by atoms with E-state index in [-0.39, 0.29) is 23.8 Å². The van der Waals surface area contributed by atoms with E-state index in [0.717, 1.165) is 0 Å². The van der Waals surface area contributed by atoms with E-state index in [1.807, 2.05) is 0 Å². The van der Waals surface area contributed by atoms with E-state index in [1.54, 1.807) is 34.1 Å². The number of hydrogen-bond donors (Lipinski definition) is 1. The van der Waals surface area contributed by atoms with Crippen molar-refractivity contribution in [3.8, 4) is 0 Å². The zero-order valence-electron chi connectivity index (χ0n) is 12.8. The van der Waals surface area contributed by atoms with Crippen LogP contribution in [0, 0.1) is 5.92 Å². The predicted octanol–water partition coefficient (Wildman–Crippen LogP) is 1.04. The minimum absolute atomic E-state index is 0.000395. The second-order valence-electron chi connectivity index (χ2n) is 5.94. The van der Waals surface area contributed by atoms with Crippen LogP contribution in [0.1, 0.15) is 13.3 Å². The van der Waals surface area contributed by atoms with Crippen LogP contribution in [0.2, 0.25) is 5.02 Å². The fourth-order valence-corrected chi connectivity index (χ4v) is 3.14. The van der Waals surface area contributed by atoms with Gasteiger partial charge in [0, 0.05) is 37.3 Å². The Labute approximate surface area is 139 Å². The highest BCUT2D eigenvalue weighted by atomic mass is 35.5. The molecule has 0 aliphatic carbocycles. The highest BCUT2D eigenvalue weighted by Crippen LogP contribution is 2.27. The topological polar surface area (TPSA) is 69.7 Å². The van der Waals surface area contributed by atoms with Crippen molar-refractivity contribution < 1.29 is 14.4 Å². The molecule has 0 radical (unpaired) electrons. The third kappa shape index (κ3) is 3.17. The molecule has 1 N–H and O–H groups in total. The van der Waals surface area contributed by atoms with Crippen molar-refractivity contribution in [2.24, 2.45) is 5.92 Å². The van der Waals surface area contributed by atoms with Crippen LogP contribution in [-0.4, -0.2) is 48.3 Å². The summed E-state index contributed by atoms with van der Waals surface area (Å²) in [6.07, 6.45) is 0.486. The van der Waals surface area contributed by atoms with E-state index >= 15 is 0 Å². The lowest BCUT2D eigenvalue weighted by Crippen LogP contribution is -2.61. The number of halogens is 1. The summed E-state index contributed by atoms with van der Waals surface area (Å²) in [4.78, 5) is 39.2. The number of nitrogens with zero attached hydrogens (tertiary/aromatic N) is 2. The van der Waals surface area contributed by atoms with Gasteiger partial charge in [-0.2, -0.15) is 0 Å². The van der Waals surface area contributed by atoms with Gasteiger partial charge in [0.15, 0.2) is 0 Å². The standard InChI is InChI=1S/C16H18ClN3O3/c1-10(21)19-8-12(9-19)18-15(22)14-5-6-20(16(14)23)13-4-2-3-11(17)7-13/h2-4,7,12,14H,5-6,8-9H2,1H3,(H,18,22). The Balaban J connectivity index is 1.59. The molecule has 7 heteroatoms. The number of amides is 3. The van der Waals surface area contributed by atoms with Gasteiger partial charge >= 0.3 is 0 Å². The lowest BCUT2D eigenvalue weighted by Gasteiger charge is -2.39. The van der Waals surface area contributed by atoms with Crippen molar-refractivity contribution in [3.63, 3.8) is 0 Å². The summed E-state index contributed by atoms with van der Waals surface area (Å²) in [5.74, 6) is -1.12. The van der Waals surface area contributed by atoms with Gasteiger partial charge in [-0.05, 0) is 24.6 Å². The monoisotopic (exact) mass is 335 g/mol. The number of carbonyl (C=O) groups excluding carboxylic acids is 3. The van der Waals surface area contributed by atoms with E-state index in [1.165, 1.54) is 6.92 Å². The normalized spacial score (nSPS) is 21.3. The number of nitrogens with one attached hydrogen (secondary N) is 1. The van der Waals surface area contributed by atoms with Crippen molar-refractivity contribution in [1.82, 2.24) is 10.2 Å². The van der Waals surface area contributed by atoms with Gasteiger partial charge in [-0.25, -0.2) is 0 Å². The zero-order valence-corrected chi connectivity index (χ0v) is 13.5. The van der Waals surface area contributed by atoms with Gasteiger partial charge in [0.2, 0.25) is 17.7 Å². The number of likely N-dealkylation sites (tertiary alicyclic amines) is 1. The fraction of sp³-hybridized carbons (Fsp3) is 0.438. The van der Waals surface area contributed by atoms with E-state index in [0.29, 0.717) is 36.8 Å². The Morgan fingerprint density at radius 2 is 2.04 bits per heavy atom. The van der Waals surface area contributed by atoms with Crippen molar-refractivity contribution in [2.45, 2.75) is 19.4 Å². The molecule has 0 bridgehead atoms. The minimum Gasteiger partial charge on any atom is -0.349 e. The SMILES string of the molecule is CC(=O)N1CC(NC(=O)C2CCN(c3cccc(Cl)c3)C2=O)C1. The first-order chi connectivity index (χ1) is 11.0. The molecule has 1 unspecified atom stereocenters. The molecule has 1 aromatic carbocycles. The quantitative estimate of drug-likeness (QED) is 0.839. The van der Waals surface area contributed by atoms with Crippen LogP contribution in [0.5, 0.6) is 0 Å². The second-order valence-corrected chi connectivity index (χ2v) is 6.38. The molecule has 0 saturated carbocycles. The highest BCUT2D eigenvalue weighted by molar-refractivity contribution is 6.31. The number of benzene rings is 1. The lowest BCUT2D eigenvalue weighted by atomic mass is 10.0. The van der Waals surface area contributed by atoms with Crippen molar-refractivity contribution in [1.29, 1.82) is 0 Å². The van der Waals surface area contributed by atoms with Gasteiger partial charge in [-0.15, -0.1) is 0 Å². The first-order valence-corrected chi connectivity index (χ1v) is 7.96. The first kappa shape index (κ1) is 15.8. The number of carbonyl (C=O) groups is 3. The maximum atomic E-state index is 12.5. The van der Waals surface area contributed by atoms with Gasteiger partial charge in [0.1, 0.15) is 5.92 Å². The van der Waals surface area contributed by atoms with Gasteiger partial charge in [0.25, 0.3) is 0 Å². The van der Waals surface area contributed by atoms with Crippen LogP contribution < -0.4 is 10.2 Å². The maximum absolute atomic E-state index is 12.5. The molecular weight excluding hydrogens is 318 g/mol. The molecule has 2 fully saturated rings. The van der Waals surface area contributed by atoms with Crippen LogP contribution >= 0.6 is 11.6 Å². The van der Waals surface area contributed by atoms with Gasteiger partial charge < -0.3 is 15.1 Å². The molecule has 122 valence electrons. The third-order valence-corrected chi connectivity index (χ3v) is 4.55. The molecule has 3 amide bonds. The molecule has 3 rings (SSSR count). The first-order valence-electron chi connectivity index (χ1n) is 7.58. The summed E-state index contributed by atoms with van der Waals surface area (Å²) < 4.78 is 0. The fourth-order valence-electron chi connectivity index (χ4n) is 2.95. The van der Waals surface area contributed by atoms with Crippen LogP contribution in [0.3, 0.4) is 0 Å². The van der Waals surface area contributed by atoms with E-state index in [4.69, 9.17) is 11.6 Å². The van der Waals surface area contributed by atoms with Gasteiger partial charge in [-0.1, -0.05) is 17.7 Å².